The quantitative estimate of drug-likeness (QED) is 0.468. The predicted molar refractivity (Wildman–Crippen MR) is 108 cm³/mol. The molecule has 0 bridgehead atoms. The van der Waals surface area contributed by atoms with Crippen LogP contribution in [0.15, 0.2) is 53.2 Å². The zero-order valence-electron chi connectivity index (χ0n) is 14.4. The van der Waals surface area contributed by atoms with E-state index in [0.29, 0.717) is 33.4 Å². The van der Waals surface area contributed by atoms with Gasteiger partial charge in [-0.2, -0.15) is 9.50 Å². The van der Waals surface area contributed by atoms with E-state index in [4.69, 9.17) is 9.47 Å². The van der Waals surface area contributed by atoms with Crippen molar-refractivity contribution in [3.63, 3.8) is 0 Å². The Hall–Kier alpha value is -2.97. The number of fused-ring (bicyclic) bond motifs is 1. The van der Waals surface area contributed by atoms with Gasteiger partial charge in [0.05, 0.1) is 16.5 Å². The summed E-state index contributed by atoms with van der Waals surface area (Å²) in [5.41, 5.74) is 0.647. The Balaban J connectivity index is 1.72. The van der Waals surface area contributed by atoms with Crippen LogP contribution in [0.4, 0.5) is 0 Å². The molecule has 0 unspecified atom stereocenters. The third-order valence-electron chi connectivity index (χ3n) is 3.77. The molecular weight excluding hydrogens is 382 g/mol. The van der Waals surface area contributed by atoms with E-state index in [1.54, 1.807) is 30.6 Å². The SMILES string of the molecule is C=CCOc1ccc(/C=c2\sc3nc(-c4cccs4)nn3c2=O)cc1OC. The number of aromatic nitrogens is 3. The summed E-state index contributed by atoms with van der Waals surface area (Å²) >= 11 is 2.85. The molecular formula is C19H15N3O3S2. The molecule has 0 radical (unpaired) electrons. The van der Waals surface area contributed by atoms with Crippen molar-refractivity contribution in [2.75, 3.05) is 13.7 Å². The Morgan fingerprint density at radius 3 is 2.89 bits per heavy atom. The highest BCUT2D eigenvalue weighted by atomic mass is 32.1. The minimum atomic E-state index is -0.184. The minimum Gasteiger partial charge on any atom is -0.493 e. The molecule has 3 heterocycles. The monoisotopic (exact) mass is 397 g/mol. The first-order valence-corrected chi connectivity index (χ1v) is 9.76. The van der Waals surface area contributed by atoms with Gasteiger partial charge in [0.2, 0.25) is 4.96 Å². The molecule has 0 N–H and O–H groups in total. The van der Waals surface area contributed by atoms with Gasteiger partial charge in [-0.15, -0.1) is 16.4 Å². The summed E-state index contributed by atoms with van der Waals surface area (Å²) in [6.45, 7) is 4.03. The molecule has 0 aliphatic heterocycles. The van der Waals surface area contributed by atoms with Crippen molar-refractivity contribution in [1.82, 2.24) is 14.6 Å². The molecule has 6 nitrogen and oxygen atoms in total. The first kappa shape index (κ1) is 17.4. The van der Waals surface area contributed by atoms with Crippen LogP contribution in [0, 0.1) is 0 Å². The summed E-state index contributed by atoms with van der Waals surface area (Å²) in [4.78, 5) is 18.6. The van der Waals surface area contributed by atoms with Gasteiger partial charge in [-0.3, -0.25) is 4.79 Å². The number of rotatable bonds is 6. The smallest absolute Gasteiger partial charge is 0.291 e. The van der Waals surface area contributed by atoms with Gasteiger partial charge in [0.15, 0.2) is 17.3 Å². The van der Waals surface area contributed by atoms with Crippen LogP contribution in [-0.4, -0.2) is 28.3 Å². The molecule has 27 heavy (non-hydrogen) atoms. The maximum atomic E-state index is 12.7. The second kappa shape index (κ2) is 7.34. The number of thiazole rings is 1. The summed E-state index contributed by atoms with van der Waals surface area (Å²) < 4.78 is 12.8. The largest absolute Gasteiger partial charge is 0.493 e. The zero-order valence-corrected chi connectivity index (χ0v) is 16.0. The molecule has 0 atom stereocenters. The van der Waals surface area contributed by atoms with Crippen molar-refractivity contribution in [3.8, 4) is 22.2 Å². The molecule has 1 aromatic carbocycles. The van der Waals surface area contributed by atoms with Crippen molar-refractivity contribution in [3.05, 3.63) is 68.8 Å². The fourth-order valence-corrected chi connectivity index (χ4v) is 4.10. The first-order valence-electron chi connectivity index (χ1n) is 8.06. The van der Waals surface area contributed by atoms with E-state index in [9.17, 15) is 4.79 Å². The van der Waals surface area contributed by atoms with E-state index in [0.717, 1.165) is 10.4 Å². The summed E-state index contributed by atoms with van der Waals surface area (Å²) in [6, 6.07) is 9.37. The number of benzene rings is 1. The number of hydrogen-bond donors (Lipinski definition) is 0. The fourth-order valence-electron chi connectivity index (χ4n) is 2.54. The van der Waals surface area contributed by atoms with Gasteiger partial charge < -0.3 is 9.47 Å². The Morgan fingerprint density at radius 1 is 1.30 bits per heavy atom. The van der Waals surface area contributed by atoms with E-state index in [2.05, 4.69) is 16.7 Å². The Kier molecular flexibility index (Phi) is 4.74. The van der Waals surface area contributed by atoms with Gasteiger partial charge in [0.25, 0.3) is 5.56 Å². The van der Waals surface area contributed by atoms with Gasteiger partial charge in [-0.1, -0.05) is 36.1 Å². The third-order valence-corrected chi connectivity index (χ3v) is 5.59. The summed E-state index contributed by atoms with van der Waals surface area (Å²) in [5, 5.41) is 6.29. The molecule has 0 amide bonds. The molecule has 0 fully saturated rings. The Labute approximate surface area is 162 Å². The molecule has 0 spiro atoms. The van der Waals surface area contributed by atoms with Crippen molar-refractivity contribution in [2.45, 2.75) is 0 Å². The van der Waals surface area contributed by atoms with Crippen LogP contribution in [0.2, 0.25) is 0 Å². The highest BCUT2D eigenvalue weighted by molar-refractivity contribution is 7.15. The van der Waals surface area contributed by atoms with E-state index < -0.39 is 0 Å². The van der Waals surface area contributed by atoms with Crippen molar-refractivity contribution < 1.29 is 9.47 Å². The lowest BCUT2D eigenvalue weighted by atomic mass is 10.2. The lowest BCUT2D eigenvalue weighted by Crippen LogP contribution is -2.23. The number of nitrogens with zero attached hydrogens (tertiary/aromatic N) is 3. The second-order valence-corrected chi connectivity index (χ2v) is 7.49. The molecule has 0 saturated carbocycles. The maximum Gasteiger partial charge on any atom is 0.291 e. The number of hydrogen-bond acceptors (Lipinski definition) is 7. The summed E-state index contributed by atoms with van der Waals surface area (Å²) in [6.07, 6.45) is 3.47. The van der Waals surface area contributed by atoms with Crippen LogP contribution >= 0.6 is 22.7 Å². The lowest BCUT2D eigenvalue weighted by molar-refractivity contribution is 0.326. The Morgan fingerprint density at radius 2 is 2.19 bits per heavy atom. The van der Waals surface area contributed by atoms with Gasteiger partial charge in [0.1, 0.15) is 6.61 Å². The van der Waals surface area contributed by atoms with E-state index >= 15 is 0 Å². The molecule has 3 aromatic heterocycles. The zero-order chi connectivity index (χ0) is 18.8. The topological polar surface area (TPSA) is 65.7 Å². The van der Waals surface area contributed by atoms with Crippen LogP contribution in [0.25, 0.3) is 21.7 Å². The van der Waals surface area contributed by atoms with Gasteiger partial charge >= 0.3 is 0 Å². The molecule has 4 aromatic rings. The lowest BCUT2D eigenvalue weighted by Gasteiger charge is -2.09. The highest BCUT2D eigenvalue weighted by Gasteiger charge is 2.12. The van der Waals surface area contributed by atoms with Crippen molar-refractivity contribution in [2.24, 2.45) is 0 Å². The Bertz CT molecular complexity index is 1210. The maximum absolute atomic E-state index is 12.7. The molecule has 0 aliphatic carbocycles. The standard InChI is InChI=1S/C19H15N3O3S2/c1-3-8-25-13-7-6-12(10-14(13)24-2)11-16-18(23)22-19(27-16)20-17(21-22)15-5-4-9-26-15/h3-7,9-11H,1,8H2,2H3/b16-11-. The summed E-state index contributed by atoms with van der Waals surface area (Å²) in [7, 11) is 1.58. The third kappa shape index (κ3) is 3.36. The van der Waals surface area contributed by atoms with Crippen LogP contribution in [0.5, 0.6) is 11.5 Å². The van der Waals surface area contributed by atoms with Crippen molar-refractivity contribution >= 4 is 33.7 Å². The van der Waals surface area contributed by atoms with Gasteiger partial charge in [-0.05, 0) is 35.2 Å². The first-order chi connectivity index (χ1) is 13.2. The van der Waals surface area contributed by atoms with Crippen LogP contribution in [0.3, 0.4) is 0 Å². The highest BCUT2D eigenvalue weighted by Crippen LogP contribution is 2.28. The average molecular weight is 397 g/mol. The molecule has 4 rings (SSSR count). The average Bonchev–Trinajstić information content (AvgIpc) is 3.39. The summed E-state index contributed by atoms with van der Waals surface area (Å²) in [5.74, 6) is 1.79. The molecule has 8 heteroatoms. The van der Waals surface area contributed by atoms with Crippen molar-refractivity contribution in [1.29, 1.82) is 0 Å². The van der Waals surface area contributed by atoms with E-state index in [1.807, 2.05) is 35.7 Å². The fraction of sp³-hybridized carbons (Fsp3) is 0.105. The number of thiophene rings is 1. The van der Waals surface area contributed by atoms with E-state index in [-0.39, 0.29) is 5.56 Å². The second-order valence-electron chi connectivity index (χ2n) is 5.53. The van der Waals surface area contributed by atoms with Gasteiger partial charge in [-0.25, -0.2) is 0 Å². The van der Waals surface area contributed by atoms with Crippen LogP contribution < -0.4 is 19.6 Å². The number of ether oxygens (including phenoxy) is 2. The number of methoxy groups -OCH3 is 1. The van der Waals surface area contributed by atoms with Crippen LogP contribution in [-0.2, 0) is 0 Å². The normalized spacial score (nSPS) is 11.8. The predicted octanol–water partition coefficient (Wildman–Crippen LogP) is 3.00. The molecule has 136 valence electrons. The van der Waals surface area contributed by atoms with Gasteiger partial charge in [0, 0.05) is 0 Å². The van der Waals surface area contributed by atoms with Crippen LogP contribution in [0.1, 0.15) is 5.56 Å². The molecule has 0 saturated heterocycles. The van der Waals surface area contributed by atoms with E-state index in [1.165, 1.54) is 15.9 Å². The molecule has 0 aliphatic rings. The minimum absolute atomic E-state index is 0.184.